The Morgan fingerprint density at radius 2 is 1.72 bits per heavy atom. The van der Waals surface area contributed by atoms with Crippen molar-refractivity contribution in [1.82, 2.24) is 9.80 Å². The fourth-order valence-electron chi connectivity index (χ4n) is 5.04. The van der Waals surface area contributed by atoms with Crippen molar-refractivity contribution in [2.24, 2.45) is 5.92 Å². The molecule has 25 heavy (non-hydrogen) atoms. The molecule has 3 heterocycles. The van der Waals surface area contributed by atoms with Gasteiger partial charge in [0.2, 0.25) is 0 Å². The molecule has 1 aromatic rings. The molecule has 3 fully saturated rings. The van der Waals surface area contributed by atoms with Crippen molar-refractivity contribution in [1.29, 1.82) is 0 Å². The Bertz CT molecular complexity index is 571. The average Bonchev–Trinajstić information content (AvgIpc) is 2.90. The standard InChI is InChI=1S/C21H30N2O2/c1-22(21(24)17-5-3-2-4-6-17)20-13-18-7-8-19(14-20)23(18)15-16-9-11-25-12-10-16/h2-6,16,18-20H,7-15H2,1H3/t18-,19+,20?. The van der Waals surface area contributed by atoms with Crippen LogP contribution in [0.1, 0.15) is 48.9 Å². The second-order valence-electron chi connectivity index (χ2n) is 8.04. The number of amides is 1. The molecule has 3 atom stereocenters. The summed E-state index contributed by atoms with van der Waals surface area (Å²) >= 11 is 0. The monoisotopic (exact) mass is 342 g/mol. The highest BCUT2D eigenvalue weighted by Crippen LogP contribution is 2.38. The van der Waals surface area contributed by atoms with Gasteiger partial charge < -0.3 is 9.64 Å². The number of carbonyl (C=O) groups excluding carboxylic acids is 1. The van der Waals surface area contributed by atoms with Gasteiger partial charge in [0.15, 0.2) is 0 Å². The molecular weight excluding hydrogens is 312 g/mol. The maximum Gasteiger partial charge on any atom is 0.253 e. The predicted octanol–water partition coefficient (Wildman–Crippen LogP) is 3.18. The molecule has 0 spiro atoms. The van der Waals surface area contributed by atoms with Crippen LogP contribution in [-0.2, 0) is 4.74 Å². The zero-order chi connectivity index (χ0) is 17.2. The zero-order valence-electron chi connectivity index (χ0n) is 15.3. The molecule has 0 aromatic heterocycles. The van der Waals surface area contributed by atoms with Crippen LogP contribution in [0.25, 0.3) is 0 Å². The summed E-state index contributed by atoms with van der Waals surface area (Å²) in [5.41, 5.74) is 0.807. The second kappa shape index (κ2) is 7.46. The summed E-state index contributed by atoms with van der Waals surface area (Å²) in [6.07, 6.45) is 7.30. The number of hydrogen-bond donors (Lipinski definition) is 0. The molecule has 0 radical (unpaired) electrons. The summed E-state index contributed by atoms with van der Waals surface area (Å²) in [5, 5.41) is 0. The Balaban J connectivity index is 1.38. The molecule has 3 saturated heterocycles. The number of hydrogen-bond acceptors (Lipinski definition) is 3. The minimum absolute atomic E-state index is 0.169. The molecule has 3 aliphatic rings. The Kier molecular flexibility index (Phi) is 5.09. The van der Waals surface area contributed by atoms with Crippen LogP contribution in [0.4, 0.5) is 0 Å². The molecule has 1 unspecified atom stereocenters. The molecule has 0 saturated carbocycles. The molecule has 4 rings (SSSR count). The van der Waals surface area contributed by atoms with E-state index in [1.165, 1.54) is 32.2 Å². The Morgan fingerprint density at radius 3 is 2.36 bits per heavy atom. The van der Waals surface area contributed by atoms with Gasteiger partial charge in [0.1, 0.15) is 0 Å². The number of nitrogens with zero attached hydrogens (tertiary/aromatic N) is 2. The Labute approximate surface area is 151 Å². The normalized spacial score (nSPS) is 30.4. The lowest BCUT2D eigenvalue weighted by Crippen LogP contribution is -2.52. The van der Waals surface area contributed by atoms with Crippen molar-refractivity contribution in [3.8, 4) is 0 Å². The van der Waals surface area contributed by atoms with Crippen molar-refractivity contribution in [3.05, 3.63) is 35.9 Å². The number of fused-ring (bicyclic) bond motifs is 2. The molecule has 3 aliphatic heterocycles. The number of rotatable bonds is 4. The van der Waals surface area contributed by atoms with Crippen molar-refractivity contribution < 1.29 is 9.53 Å². The molecule has 1 amide bonds. The van der Waals surface area contributed by atoms with Gasteiger partial charge in [0, 0.05) is 50.5 Å². The summed E-state index contributed by atoms with van der Waals surface area (Å²) in [4.78, 5) is 17.6. The lowest BCUT2D eigenvalue weighted by Gasteiger charge is -2.43. The van der Waals surface area contributed by atoms with Crippen LogP contribution in [-0.4, -0.2) is 60.6 Å². The maximum absolute atomic E-state index is 12.8. The first-order valence-electron chi connectivity index (χ1n) is 9.88. The summed E-state index contributed by atoms with van der Waals surface area (Å²) in [6.45, 7) is 3.11. The number of piperidine rings is 1. The van der Waals surface area contributed by atoms with Crippen LogP contribution >= 0.6 is 0 Å². The summed E-state index contributed by atoms with van der Waals surface area (Å²) in [5.74, 6) is 0.972. The molecule has 4 heteroatoms. The number of benzene rings is 1. The second-order valence-corrected chi connectivity index (χ2v) is 8.04. The SMILES string of the molecule is CN(C(=O)c1ccccc1)C1C[C@H]2CC[C@@H](C1)N2CC1CCOCC1. The van der Waals surface area contributed by atoms with Crippen LogP contribution in [0.3, 0.4) is 0 Å². The largest absolute Gasteiger partial charge is 0.381 e. The first-order valence-corrected chi connectivity index (χ1v) is 9.88. The van der Waals surface area contributed by atoms with Gasteiger partial charge in [-0.1, -0.05) is 18.2 Å². The van der Waals surface area contributed by atoms with Gasteiger partial charge in [0.25, 0.3) is 5.91 Å². The van der Waals surface area contributed by atoms with E-state index in [0.717, 1.165) is 37.5 Å². The van der Waals surface area contributed by atoms with Crippen LogP contribution in [0.2, 0.25) is 0 Å². The van der Waals surface area contributed by atoms with Crippen LogP contribution in [0.5, 0.6) is 0 Å². The first-order chi connectivity index (χ1) is 12.2. The third-order valence-corrected chi connectivity index (χ3v) is 6.56. The van der Waals surface area contributed by atoms with Gasteiger partial charge in [-0.2, -0.15) is 0 Å². The smallest absolute Gasteiger partial charge is 0.253 e. The van der Waals surface area contributed by atoms with E-state index in [2.05, 4.69) is 4.90 Å². The van der Waals surface area contributed by atoms with Crippen molar-refractivity contribution in [3.63, 3.8) is 0 Å². The van der Waals surface area contributed by atoms with E-state index in [4.69, 9.17) is 4.74 Å². The van der Waals surface area contributed by atoms with E-state index >= 15 is 0 Å². The highest BCUT2D eigenvalue weighted by atomic mass is 16.5. The predicted molar refractivity (Wildman–Crippen MR) is 98.6 cm³/mol. The van der Waals surface area contributed by atoms with Crippen molar-refractivity contribution >= 4 is 5.91 Å². The quantitative estimate of drug-likeness (QED) is 0.842. The minimum Gasteiger partial charge on any atom is -0.381 e. The molecule has 4 nitrogen and oxygen atoms in total. The first kappa shape index (κ1) is 17.0. The van der Waals surface area contributed by atoms with Gasteiger partial charge >= 0.3 is 0 Å². The van der Waals surface area contributed by atoms with Crippen molar-refractivity contribution in [2.75, 3.05) is 26.8 Å². The maximum atomic E-state index is 12.8. The van der Waals surface area contributed by atoms with Crippen LogP contribution in [0, 0.1) is 5.92 Å². The van der Waals surface area contributed by atoms with Gasteiger partial charge in [-0.25, -0.2) is 0 Å². The van der Waals surface area contributed by atoms with Crippen LogP contribution < -0.4 is 0 Å². The summed E-state index contributed by atoms with van der Waals surface area (Å²) in [7, 11) is 1.99. The third-order valence-electron chi connectivity index (χ3n) is 6.56. The average molecular weight is 342 g/mol. The van der Waals surface area contributed by atoms with Crippen LogP contribution in [0.15, 0.2) is 30.3 Å². The fraction of sp³-hybridized carbons (Fsp3) is 0.667. The lowest BCUT2D eigenvalue weighted by atomic mass is 9.92. The minimum atomic E-state index is 0.169. The van der Waals surface area contributed by atoms with Gasteiger partial charge in [0.05, 0.1) is 0 Å². The molecule has 1 aromatic carbocycles. The Hall–Kier alpha value is -1.39. The van der Waals surface area contributed by atoms with E-state index < -0.39 is 0 Å². The molecule has 136 valence electrons. The highest BCUT2D eigenvalue weighted by Gasteiger charge is 2.43. The van der Waals surface area contributed by atoms with Gasteiger partial charge in [-0.15, -0.1) is 0 Å². The Morgan fingerprint density at radius 1 is 1.08 bits per heavy atom. The van der Waals surface area contributed by atoms with Gasteiger partial charge in [-0.05, 0) is 56.6 Å². The zero-order valence-corrected chi connectivity index (χ0v) is 15.3. The third kappa shape index (κ3) is 3.61. The van der Waals surface area contributed by atoms with Gasteiger partial charge in [-0.3, -0.25) is 9.69 Å². The highest BCUT2D eigenvalue weighted by molar-refractivity contribution is 5.94. The fourth-order valence-corrected chi connectivity index (χ4v) is 5.04. The van der Waals surface area contributed by atoms with E-state index in [-0.39, 0.29) is 5.91 Å². The molecular formula is C21H30N2O2. The molecule has 0 aliphatic carbocycles. The molecule has 2 bridgehead atoms. The molecule has 0 N–H and O–H groups in total. The van der Waals surface area contributed by atoms with Crippen molar-refractivity contribution in [2.45, 2.75) is 56.7 Å². The van der Waals surface area contributed by atoms with E-state index in [0.29, 0.717) is 18.1 Å². The topological polar surface area (TPSA) is 32.8 Å². The van der Waals surface area contributed by atoms with E-state index in [9.17, 15) is 4.79 Å². The number of ether oxygens (including phenoxy) is 1. The van der Waals surface area contributed by atoms with E-state index in [1.54, 1.807) is 0 Å². The van der Waals surface area contributed by atoms with E-state index in [1.807, 2.05) is 42.3 Å². The lowest BCUT2D eigenvalue weighted by molar-refractivity contribution is 0.0201. The summed E-state index contributed by atoms with van der Waals surface area (Å²) < 4.78 is 5.51. The summed E-state index contributed by atoms with van der Waals surface area (Å²) in [6, 6.07) is 11.4. The number of carbonyl (C=O) groups is 1.